The van der Waals surface area contributed by atoms with Crippen LogP contribution in [-0.2, 0) is 61.3 Å². The summed E-state index contributed by atoms with van der Waals surface area (Å²) in [6, 6.07) is 44.5. The lowest BCUT2D eigenvalue weighted by molar-refractivity contribution is -0.372. The van der Waals surface area contributed by atoms with Crippen LogP contribution in [-0.4, -0.2) is 53.7 Å². The molecule has 1 aliphatic carbocycles. The number of aliphatic hydroxyl groups is 1. The van der Waals surface area contributed by atoms with Gasteiger partial charge in [0.1, 0.15) is 31.5 Å². The van der Waals surface area contributed by atoms with Gasteiger partial charge in [0.15, 0.2) is 0 Å². The van der Waals surface area contributed by atoms with Crippen molar-refractivity contribution in [2.45, 2.75) is 88.7 Å². The summed E-state index contributed by atoms with van der Waals surface area (Å²) in [5.41, 5.74) is 5.93. The highest BCUT2D eigenvalue weighted by Crippen LogP contribution is 2.48. The Kier molecular flexibility index (Phi) is 13.0. The van der Waals surface area contributed by atoms with Crippen molar-refractivity contribution in [2.24, 2.45) is 0 Å². The van der Waals surface area contributed by atoms with Gasteiger partial charge in [-0.2, -0.15) is 0 Å². The standard InChI is InChI=1S/C47H49NO8/c1-33-43(53-30-35-17-8-3-9-18-35)44(54-31-36-19-10-4-11-20-36)45(55-32-37-21-12-5-13-22-37)47(51,56-33)41-24-14-23-38-25-26-39(27-40(38)41)46(50)48-28-42(49)52-29-34-15-6-2-7-16-34/h2-13,15-22,25-27,33,41,43-45,51H,14,23-24,28-32H2,1H3,(H,48,50)/t33-,41?,43+,44+,45-,47+/m0/s1. The lowest BCUT2D eigenvalue weighted by Crippen LogP contribution is -2.68. The zero-order valence-electron chi connectivity index (χ0n) is 31.6. The molecule has 2 N–H and O–H groups in total. The molecule has 6 atom stereocenters. The fourth-order valence-corrected chi connectivity index (χ4v) is 7.72. The smallest absolute Gasteiger partial charge is 0.325 e. The molecule has 0 spiro atoms. The van der Waals surface area contributed by atoms with Crippen LogP contribution in [0.3, 0.4) is 0 Å². The molecule has 1 fully saturated rings. The molecule has 5 aromatic rings. The number of fused-ring (bicyclic) bond motifs is 1. The van der Waals surface area contributed by atoms with Crippen molar-refractivity contribution in [3.05, 3.63) is 178 Å². The SMILES string of the molecule is C[C@@H]1O[C@](O)(C2CCCc3ccc(C(=O)NCC(=O)OCc4ccccc4)cc32)[C@@H](OCc2ccccc2)[C@H](OCc2ccccc2)[C@@H]1OCc1ccccc1. The summed E-state index contributed by atoms with van der Waals surface area (Å²) < 4.78 is 32.3. The number of benzene rings is 5. The number of amides is 1. The number of aryl methyl sites for hydroxylation is 1. The average molecular weight is 756 g/mol. The van der Waals surface area contributed by atoms with E-state index in [1.54, 1.807) is 6.07 Å². The second-order valence-electron chi connectivity index (χ2n) is 14.5. The van der Waals surface area contributed by atoms with Gasteiger partial charge in [-0.15, -0.1) is 0 Å². The Labute approximate surface area is 328 Å². The molecule has 0 bridgehead atoms. The van der Waals surface area contributed by atoms with Crippen LogP contribution < -0.4 is 5.32 Å². The van der Waals surface area contributed by atoms with Crippen LogP contribution in [0.5, 0.6) is 0 Å². The molecule has 1 amide bonds. The van der Waals surface area contributed by atoms with Crippen molar-refractivity contribution in [1.29, 1.82) is 0 Å². The predicted molar refractivity (Wildman–Crippen MR) is 211 cm³/mol. The maximum atomic E-state index is 13.5. The minimum Gasteiger partial charge on any atom is -0.460 e. The Bertz CT molecular complexity index is 2010. The van der Waals surface area contributed by atoms with E-state index in [4.69, 9.17) is 23.7 Å². The van der Waals surface area contributed by atoms with Crippen molar-refractivity contribution in [2.75, 3.05) is 6.54 Å². The van der Waals surface area contributed by atoms with Crippen molar-refractivity contribution in [3.8, 4) is 0 Å². The minimum atomic E-state index is -1.87. The molecule has 1 saturated heterocycles. The molecule has 0 aromatic heterocycles. The quantitative estimate of drug-likeness (QED) is 0.106. The van der Waals surface area contributed by atoms with Gasteiger partial charge in [-0.25, -0.2) is 0 Å². The van der Waals surface area contributed by atoms with Crippen molar-refractivity contribution in [3.63, 3.8) is 0 Å². The number of nitrogens with one attached hydrogen (secondary N) is 1. The first-order valence-corrected chi connectivity index (χ1v) is 19.3. The fraction of sp³-hybridized carbons (Fsp3) is 0.319. The zero-order valence-corrected chi connectivity index (χ0v) is 31.6. The van der Waals surface area contributed by atoms with Gasteiger partial charge < -0.3 is 34.1 Å². The number of ether oxygens (including phenoxy) is 5. The summed E-state index contributed by atoms with van der Waals surface area (Å²) >= 11 is 0. The van der Waals surface area contributed by atoms with Gasteiger partial charge in [-0.3, -0.25) is 9.59 Å². The van der Waals surface area contributed by atoms with Crippen LogP contribution in [0.15, 0.2) is 140 Å². The van der Waals surface area contributed by atoms with Crippen molar-refractivity contribution >= 4 is 11.9 Å². The summed E-state index contributed by atoms with van der Waals surface area (Å²) in [4.78, 5) is 26.0. The van der Waals surface area contributed by atoms with Gasteiger partial charge in [0.2, 0.25) is 5.79 Å². The Morgan fingerprint density at radius 1 is 0.696 bits per heavy atom. The Morgan fingerprint density at radius 2 is 1.21 bits per heavy atom. The zero-order chi connectivity index (χ0) is 38.7. The van der Waals surface area contributed by atoms with E-state index in [-0.39, 0.29) is 26.4 Å². The van der Waals surface area contributed by atoms with Crippen LogP contribution in [0.2, 0.25) is 0 Å². The molecular formula is C47H49NO8. The highest BCUT2D eigenvalue weighted by Gasteiger charge is 2.59. The third-order valence-corrected chi connectivity index (χ3v) is 10.6. The van der Waals surface area contributed by atoms with Gasteiger partial charge in [0, 0.05) is 11.5 Å². The van der Waals surface area contributed by atoms with Crippen molar-refractivity contribution in [1.82, 2.24) is 5.32 Å². The largest absolute Gasteiger partial charge is 0.460 e. The maximum absolute atomic E-state index is 13.5. The number of esters is 1. The van der Waals surface area contributed by atoms with Crippen molar-refractivity contribution < 1.29 is 38.4 Å². The molecule has 9 nitrogen and oxygen atoms in total. The highest BCUT2D eigenvalue weighted by atomic mass is 16.7. The molecule has 1 aliphatic heterocycles. The summed E-state index contributed by atoms with van der Waals surface area (Å²) in [5.74, 6) is -3.40. The monoisotopic (exact) mass is 755 g/mol. The summed E-state index contributed by atoms with van der Waals surface area (Å²) in [6.45, 7) is 2.52. The molecule has 9 heteroatoms. The van der Waals surface area contributed by atoms with E-state index in [2.05, 4.69) is 5.32 Å². The molecule has 1 unspecified atom stereocenters. The molecule has 5 aromatic carbocycles. The van der Waals surface area contributed by atoms with Crippen LogP contribution in [0.1, 0.15) is 69.4 Å². The summed E-state index contributed by atoms with van der Waals surface area (Å²) in [6.07, 6.45) is -0.768. The van der Waals surface area contributed by atoms with E-state index in [1.807, 2.05) is 140 Å². The number of hydrogen-bond acceptors (Lipinski definition) is 8. The normalized spacial score (nSPS) is 23.1. The Morgan fingerprint density at radius 3 is 1.79 bits per heavy atom. The van der Waals surface area contributed by atoms with Crippen LogP contribution >= 0.6 is 0 Å². The first-order chi connectivity index (χ1) is 27.4. The summed E-state index contributed by atoms with van der Waals surface area (Å²) in [7, 11) is 0. The fourth-order valence-electron chi connectivity index (χ4n) is 7.72. The minimum absolute atomic E-state index is 0.120. The first-order valence-electron chi connectivity index (χ1n) is 19.3. The van der Waals surface area contributed by atoms with Gasteiger partial charge >= 0.3 is 5.97 Å². The first kappa shape index (κ1) is 39.1. The van der Waals surface area contributed by atoms with E-state index in [9.17, 15) is 14.7 Å². The predicted octanol–water partition coefficient (Wildman–Crippen LogP) is 7.44. The van der Waals surface area contributed by atoms with E-state index in [0.717, 1.165) is 46.2 Å². The van der Waals surface area contributed by atoms with Gasteiger partial charge in [-0.05, 0) is 71.7 Å². The van der Waals surface area contributed by atoms with E-state index in [0.29, 0.717) is 18.6 Å². The molecule has 1 heterocycles. The van der Waals surface area contributed by atoms with E-state index in [1.165, 1.54) is 0 Å². The van der Waals surface area contributed by atoms with Crippen LogP contribution in [0, 0.1) is 0 Å². The molecule has 56 heavy (non-hydrogen) atoms. The number of carbonyl (C=O) groups excluding carboxylic acids is 2. The lowest BCUT2D eigenvalue weighted by atomic mass is 9.73. The van der Waals surface area contributed by atoms with Gasteiger partial charge in [0.25, 0.3) is 5.91 Å². The second kappa shape index (κ2) is 18.7. The molecule has 0 radical (unpaired) electrons. The molecule has 0 saturated carbocycles. The van der Waals surface area contributed by atoms with Gasteiger partial charge in [0.05, 0.1) is 25.9 Å². The molecule has 2 aliphatic rings. The molecule has 7 rings (SSSR count). The number of rotatable bonds is 15. The maximum Gasteiger partial charge on any atom is 0.325 e. The van der Waals surface area contributed by atoms with Crippen LogP contribution in [0.25, 0.3) is 0 Å². The second-order valence-corrected chi connectivity index (χ2v) is 14.5. The molecular weight excluding hydrogens is 707 g/mol. The van der Waals surface area contributed by atoms with Crippen LogP contribution in [0.4, 0.5) is 0 Å². The topological polar surface area (TPSA) is 113 Å². The third-order valence-electron chi connectivity index (χ3n) is 10.6. The number of hydrogen-bond donors (Lipinski definition) is 2. The third kappa shape index (κ3) is 9.61. The number of carbonyl (C=O) groups is 2. The van der Waals surface area contributed by atoms with Gasteiger partial charge in [-0.1, -0.05) is 127 Å². The lowest BCUT2D eigenvalue weighted by Gasteiger charge is -2.53. The molecule has 290 valence electrons. The Balaban J connectivity index is 1.17. The van der Waals surface area contributed by atoms with E-state index >= 15 is 0 Å². The Hall–Kier alpha value is -5.16. The summed E-state index contributed by atoms with van der Waals surface area (Å²) in [5, 5.41) is 15.8. The highest BCUT2D eigenvalue weighted by molar-refractivity contribution is 5.96. The van der Waals surface area contributed by atoms with E-state index < -0.39 is 48.0 Å². The average Bonchev–Trinajstić information content (AvgIpc) is 3.24.